The molecule has 0 aliphatic rings. The third-order valence-corrected chi connectivity index (χ3v) is 2.80. The number of benzene rings is 1. The Balaban J connectivity index is 2.23. The van der Waals surface area contributed by atoms with E-state index in [0.29, 0.717) is 0 Å². The SMILES string of the molecule is Nc1ccccc1/C=C\c1cccs1. The molecule has 0 saturated heterocycles. The van der Waals surface area contributed by atoms with Crippen molar-refractivity contribution in [2.24, 2.45) is 0 Å². The zero-order valence-electron chi connectivity index (χ0n) is 7.68. The zero-order valence-corrected chi connectivity index (χ0v) is 8.50. The van der Waals surface area contributed by atoms with Crippen molar-refractivity contribution >= 4 is 29.2 Å². The second-order valence-corrected chi connectivity index (χ2v) is 3.96. The van der Waals surface area contributed by atoms with E-state index in [0.717, 1.165) is 11.3 Å². The van der Waals surface area contributed by atoms with Gasteiger partial charge in [0.1, 0.15) is 0 Å². The van der Waals surface area contributed by atoms with E-state index in [-0.39, 0.29) is 0 Å². The monoisotopic (exact) mass is 201 g/mol. The van der Waals surface area contributed by atoms with Gasteiger partial charge in [0.05, 0.1) is 0 Å². The van der Waals surface area contributed by atoms with Gasteiger partial charge in [0.25, 0.3) is 0 Å². The maximum Gasteiger partial charge on any atom is 0.0387 e. The number of anilines is 1. The van der Waals surface area contributed by atoms with Crippen molar-refractivity contribution in [3.05, 3.63) is 52.2 Å². The molecule has 70 valence electrons. The van der Waals surface area contributed by atoms with Gasteiger partial charge in [0, 0.05) is 10.6 Å². The number of rotatable bonds is 2. The second kappa shape index (κ2) is 4.11. The molecule has 0 aliphatic carbocycles. The molecule has 0 atom stereocenters. The molecule has 0 saturated carbocycles. The molecule has 1 aromatic carbocycles. The molecule has 14 heavy (non-hydrogen) atoms. The van der Waals surface area contributed by atoms with E-state index in [1.165, 1.54) is 4.88 Å². The molecule has 2 rings (SSSR count). The van der Waals surface area contributed by atoms with E-state index >= 15 is 0 Å². The molecule has 2 aromatic rings. The lowest BCUT2D eigenvalue weighted by Crippen LogP contribution is -1.86. The summed E-state index contributed by atoms with van der Waals surface area (Å²) in [7, 11) is 0. The lowest BCUT2D eigenvalue weighted by molar-refractivity contribution is 1.64. The van der Waals surface area contributed by atoms with E-state index in [1.807, 2.05) is 36.4 Å². The highest BCUT2D eigenvalue weighted by molar-refractivity contribution is 7.10. The van der Waals surface area contributed by atoms with Crippen molar-refractivity contribution in [2.45, 2.75) is 0 Å². The fourth-order valence-electron chi connectivity index (χ4n) is 1.22. The molecule has 0 spiro atoms. The third kappa shape index (κ3) is 2.03. The molecule has 1 heterocycles. The average molecular weight is 201 g/mol. The molecule has 0 amide bonds. The first-order chi connectivity index (χ1) is 6.86. The van der Waals surface area contributed by atoms with Crippen molar-refractivity contribution in [3.8, 4) is 0 Å². The first-order valence-corrected chi connectivity index (χ1v) is 5.30. The largest absolute Gasteiger partial charge is 0.398 e. The number of para-hydroxylation sites is 1. The van der Waals surface area contributed by atoms with Gasteiger partial charge in [-0.2, -0.15) is 0 Å². The van der Waals surface area contributed by atoms with Gasteiger partial charge in [-0.1, -0.05) is 30.3 Å². The van der Waals surface area contributed by atoms with Crippen LogP contribution in [0, 0.1) is 0 Å². The summed E-state index contributed by atoms with van der Waals surface area (Å²) in [5, 5.41) is 2.06. The van der Waals surface area contributed by atoms with Crippen molar-refractivity contribution < 1.29 is 0 Å². The minimum atomic E-state index is 0.820. The van der Waals surface area contributed by atoms with Crippen molar-refractivity contribution in [1.29, 1.82) is 0 Å². The molecule has 0 bridgehead atoms. The topological polar surface area (TPSA) is 26.0 Å². The van der Waals surface area contributed by atoms with E-state index in [9.17, 15) is 0 Å². The first-order valence-electron chi connectivity index (χ1n) is 4.42. The van der Waals surface area contributed by atoms with Gasteiger partial charge in [-0.05, 0) is 29.2 Å². The van der Waals surface area contributed by atoms with Crippen molar-refractivity contribution in [2.75, 3.05) is 5.73 Å². The Morgan fingerprint density at radius 1 is 1.00 bits per heavy atom. The van der Waals surface area contributed by atoms with Crippen LogP contribution in [0.15, 0.2) is 41.8 Å². The van der Waals surface area contributed by atoms with Crippen LogP contribution < -0.4 is 5.73 Å². The highest BCUT2D eigenvalue weighted by Crippen LogP contribution is 2.16. The normalized spacial score (nSPS) is 10.9. The molecule has 2 heteroatoms. The van der Waals surface area contributed by atoms with Crippen LogP contribution in [0.2, 0.25) is 0 Å². The summed E-state index contributed by atoms with van der Waals surface area (Å²) < 4.78 is 0. The van der Waals surface area contributed by atoms with Crippen molar-refractivity contribution in [3.63, 3.8) is 0 Å². The molecule has 0 unspecified atom stereocenters. The van der Waals surface area contributed by atoms with Gasteiger partial charge in [0.15, 0.2) is 0 Å². The Morgan fingerprint density at radius 3 is 2.57 bits per heavy atom. The average Bonchev–Trinajstić information content (AvgIpc) is 2.69. The van der Waals surface area contributed by atoms with Crippen LogP contribution in [0.25, 0.3) is 12.2 Å². The summed E-state index contributed by atoms with van der Waals surface area (Å²) in [6.07, 6.45) is 4.12. The van der Waals surface area contributed by atoms with Gasteiger partial charge < -0.3 is 5.73 Å². The van der Waals surface area contributed by atoms with Crippen LogP contribution in [0.5, 0.6) is 0 Å². The van der Waals surface area contributed by atoms with Crippen molar-refractivity contribution in [1.82, 2.24) is 0 Å². The third-order valence-electron chi connectivity index (χ3n) is 1.97. The van der Waals surface area contributed by atoms with Gasteiger partial charge in [-0.25, -0.2) is 0 Å². The number of thiophene rings is 1. The van der Waals surface area contributed by atoms with Gasteiger partial charge in [-0.15, -0.1) is 11.3 Å². The predicted molar refractivity (Wildman–Crippen MR) is 64.1 cm³/mol. The summed E-state index contributed by atoms with van der Waals surface area (Å²) in [5.41, 5.74) is 7.70. The number of nitrogen functional groups attached to an aromatic ring is 1. The van der Waals surface area contributed by atoms with Crippen LogP contribution in [-0.4, -0.2) is 0 Å². The Bertz CT molecular complexity index is 429. The molecule has 0 aliphatic heterocycles. The summed E-state index contributed by atoms with van der Waals surface area (Å²) in [6.45, 7) is 0. The van der Waals surface area contributed by atoms with Gasteiger partial charge in [-0.3, -0.25) is 0 Å². The van der Waals surface area contributed by atoms with E-state index in [2.05, 4.69) is 17.5 Å². The quantitative estimate of drug-likeness (QED) is 0.739. The smallest absolute Gasteiger partial charge is 0.0387 e. The first kappa shape index (κ1) is 9.03. The standard InChI is InChI=1S/C12H11NS/c13-12-6-2-1-4-10(12)7-8-11-5-3-9-14-11/h1-9H,13H2/b8-7-. The van der Waals surface area contributed by atoms with E-state index in [1.54, 1.807) is 11.3 Å². The summed E-state index contributed by atoms with van der Waals surface area (Å²) in [5.74, 6) is 0. The second-order valence-electron chi connectivity index (χ2n) is 2.98. The Labute approximate surface area is 87.5 Å². The van der Waals surface area contributed by atoms with Crippen LogP contribution in [0.4, 0.5) is 5.69 Å². The van der Waals surface area contributed by atoms with Gasteiger partial charge in [0.2, 0.25) is 0 Å². The molecule has 1 nitrogen and oxygen atoms in total. The highest BCUT2D eigenvalue weighted by atomic mass is 32.1. The zero-order chi connectivity index (χ0) is 9.80. The van der Waals surface area contributed by atoms with Crippen LogP contribution in [0.3, 0.4) is 0 Å². The molecule has 2 N–H and O–H groups in total. The van der Waals surface area contributed by atoms with Gasteiger partial charge >= 0.3 is 0 Å². The molecule has 0 fully saturated rings. The fraction of sp³-hybridized carbons (Fsp3) is 0. The maximum absolute atomic E-state index is 5.81. The van der Waals surface area contributed by atoms with Crippen LogP contribution in [-0.2, 0) is 0 Å². The maximum atomic E-state index is 5.81. The lowest BCUT2D eigenvalue weighted by atomic mass is 10.1. The minimum Gasteiger partial charge on any atom is -0.398 e. The summed E-state index contributed by atoms with van der Waals surface area (Å²) in [6, 6.07) is 12.0. The summed E-state index contributed by atoms with van der Waals surface area (Å²) in [4.78, 5) is 1.24. The van der Waals surface area contributed by atoms with E-state index < -0.39 is 0 Å². The molecule has 0 radical (unpaired) electrons. The summed E-state index contributed by atoms with van der Waals surface area (Å²) >= 11 is 1.72. The predicted octanol–water partition coefficient (Wildman–Crippen LogP) is 3.50. The number of nitrogens with two attached hydrogens (primary N) is 1. The highest BCUT2D eigenvalue weighted by Gasteiger charge is 1.92. The Kier molecular flexibility index (Phi) is 2.65. The minimum absolute atomic E-state index is 0.820. The lowest BCUT2D eigenvalue weighted by Gasteiger charge is -1.97. The fourth-order valence-corrected chi connectivity index (χ4v) is 1.84. The molecular formula is C12H11NS. The molecule has 1 aromatic heterocycles. The number of hydrogen-bond acceptors (Lipinski definition) is 2. The number of hydrogen-bond donors (Lipinski definition) is 1. The molecular weight excluding hydrogens is 190 g/mol. The Hall–Kier alpha value is -1.54. The van der Waals surface area contributed by atoms with Crippen LogP contribution >= 0.6 is 11.3 Å². The van der Waals surface area contributed by atoms with Crippen LogP contribution in [0.1, 0.15) is 10.4 Å². The Morgan fingerprint density at radius 2 is 1.86 bits per heavy atom. The van der Waals surface area contributed by atoms with E-state index in [4.69, 9.17) is 5.73 Å².